The number of ether oxygens (including phenoxy) is 1. The molecule has 0 aliphatic carbocycles. The second-order valence-electron chi connectivity index (χ2n) is 5.71. The van der Waals surface area contributed by atoms with Gasteiger partial charge in [0.15, 0.2) is 0 Å². The largest absolute Gasteiger partial charge is 0.371 e. The molecule has 0 bridgehead atoms. The number of rotatable bonds is 3. The molecule has 24 heavy (non-hydrogen) atoms. The molecule has 122 valence electrons. The number of hydrogen-bond donors (Lipinski definition) is 1. The summed E-state index contributed by atoms with van der Waals surface area (Å²) in [6.07, 6.45) is 1.93. The van der Waals surface area contributed by atoms with Gasteiger partial charge in [-0.3, -0.25) is 0 Å². The average molecular weight is 324 g/mol. The molecule has 2 heterocycles. The van der Waals surface area contributed by atoms with Crippen molar-refractivity contribution in [3.05, 3.63) is 66.1 Å². The number of morpholine rings is 1. The smallest absolute Gasteiger partial charge is 0.123 e. The van der Waals surface area contributed by atoms with Crippen LogP contribution < -0.4 is 5.32 Å². The first-order chi connectivity index (χ1) is 11.8. The highest BCUT2D eigenvalue weighted by Crippen LogP contribution is 2.21. The maximum absolute atomic E-state index is 13.0. The summed E-state index contributed by atoms with van der Waals surface area (Å²) in [5.74, 6) is -0.263. The summed E-state index contributed by atoms with van der Waals surface area (Å²) in [6, 6.07) is 14.3. The number of aromatic nitrogens is 3. The third-order valence-corrected chi connectivity index (χ3v) is 4.09. The van der Waals surface area contributed by atoms with Crippen molar-refractivity contribution in [2.24, 2.45) is 0 Å². The maximum Gasteiger partial charge on any atom is 0.123 e. The molecule has 2 aromatic carbocycles. The second-order valence-corrected chi connectivity index (χ2v) is 5.71. The fourth-order valence-electron chi connectivity index (χ4n) is 2.76. The predicted octanol–water partition coefficient (Wildman–Crippen LogP) is 2.73. The molecular formula is C18H17FN4O. The van der Waals surface area contributed by atoms with Crippen molar-refractivity contribution in [3.63, 3.8) is 0 Å². The van der Waals surface area contributed by atoms with Gasteiger partial charge in [-0.2, -0.15) is 0 Å². The van der Waals surface area contributed by atoms with Gasteiger partial charge < -0.3 is 10.1 Å². The molecular weight excluding hydrogens is 307 g/mol. The van der Waals surface area contributed by atoms with E-state index in [-0.39, 0.29) is 11.9 Å². The molecule has 1 fully saturated rings. The Bertz CT molecular complexity index is 808. The van der Waals surface area contributed by atoms with Gasteiger partial charge in [0.05, 0.1) is 24.6 Å². The molecule has 0 saturated carbocycles. The molecule has 1 aliphatic rings. The van der Waals surface area contributed by atoms with E-state index in [1.165, 1.54) is 12.1 Å². The van der Waals surface area contributed by atoms with Crippen molar-refractivity contribution in [2.75, 3.05) is 19.7 Å². The zero-order valence-corrected chi connectivity index (χ0v) is 13.0. The lowest BCUT2D eigenvalue weighted by molar-refractivity contribution is 0.0277. The summed E-state index contributed by atoms with van der Waals surface area (Å²) >= 11 is 0. The summed E-state index contributed by atoms with van der Waals surface area (Å²) in [6.45, 7) is 2.47. The van der Waals surface area contributed by atoms with Gasteiger partial charge in [-0.1, -0.05) is 17.3 Å². The summed E-state index contributed by atoms with van der Waals surface area (Å²) in [4.78, 5) is 0. The van der Waals surface area contributed by atoms with E-state index >= 15 is 0 Å². The van der Waals surface area contributed by atoms with Crippen LogP contribution in [0.4, 0.5) is 4.39 Å². The van der Waals surface area contributed by atoms with Crippen LogP contribution in [-0.4, -0.2) is 34.7 Å². The van der Waals surface area contributed by atoms with Crippen LogP contribution in [0, 0.1) is 5.82 Å². The van der Waals surface area contributed by atoms with Gasteiger partial charge >= 0.3 is 0 Å². The molecule has 0 radical (unpaired) electrons. The van der Waals surface area contributed by atoms with Crippen molar-refractivity contribution in [1.29, 1.82) is 0 Å². The molecule has 3 aromatic rings. The van der Waals surface area contributed by atoms with Crippen LogP contribution in [0.1, 0.15) is 11.7 Å². The number of hydrogen-bond acceptors (Lipinski definition) is 4. The minimum absolute atomic E-state index is 0.0957. The van der Waals surface area contributed by atoms with Crippen LogP contribution in [0.15, 0.2) is 54.7 Å². The Morgan fingerprint density at radius 3 is 2.58 bits per heavy atom. The highest BCUT2D eigenvalue weighted by molar-refractivity contribution is 5.58. The molecule has 1 unspecified atom stereocenters. The minimum Gasteiger partial charge on any atom is -0.371 e. The van der Waals surface area contributed by atoms with E-state index < -0.39 is 0 Å². The monoisotopic (exact) mass is 324 g/mol. The highest BCUT2D eigenvalue weighted by Gasteiger charge is 2.15. The van der Waals surface area contributed by atoms with E-state index in [1.54, 1.807) is 16.8 Å². The van der Waals surface area contributed by atoms with E-state index in [0.717, 1.165) is 36.5 Å². The van der Waals surface area contributed by atoms with Gasteiger partial charge in [-0.15, -0.1) is 5.10 Å². The van der Waals surface area contributed by atoms with Crippen molar-refractivity contribution < 1.29 is 9.13 Å². The van der Waals surface area contributed by atoms with Crippen LogP contribution in [0.2, 0.25) is 0 Å². The molecule has 1 atom stereocenters. The third-order valence-electron chi connectivity index (χ3n) is 4.09. The van der Waals surface area contributed by atoms with Gasteiger partial charge in [-0.05, 0) is 42.0 Å². The summed E-state index contributed by atoms with van der Waals surface area (Å²) in [5, 5.41) is 11.6. The molecule has 1 N–H and O–H groups in total. The normalized spacial score (nSPS) is 17.8. The molecule has 1 aromatic heterocycles. The summed E-state index contributed by atoms with van der Waals surface area (Å²) < 4.78 is 20.5. The third kappa shape index (κ3) is 3.06. The Balaban J connectivity index is 1.54. The molecule has 4 rings (SSSR count). The van der Waals surface area contributed by atoms with Gasteiger partial charge in [-0.25, -0.2) is 9.07 Å². The van der Waals surface area contributed by atoms with Crippen molar-refractivity contribution in [1.82, 2.24) is 20.3 Å². The van der Waals surface area contributed by atoms with Crippen LogP contribution in [0.25, 0.3) is 16.9 Å². The zero-order valence-electron chi connectivity index (χ0n) is 13.0. The van der Waals surface area contributed by atoms with Gasteiger partial charge in [0.1, 0.15) is 11.5 Å². The first kappa shape index (κ1) is 15.0. The predicted molar refractivity (Wildman–Crippen MR) is 88.3 cm³/mol. The highest BCUT2D eigenvalue weighted by atomic mass is 19.1. The van der Waals surface area contributed by atoms with Crippen LogP contribution >= 0.6 is 0 Å². The molecule has 5 nitrogen and oxygen atoms in total. The Morgan fingerprint density at radius 1 is 1.08 bits per heavy atom. The van der Waals surface area contributed by atoms with E-state index in [2.05, 4.69) is 15.6 Å². The molecule has 6 heteroatoms. The number of nitrogens with zero attached hydrogens (tertiary/aromatic N) is 3. The SMILES string of the molecule is Fc1ccc(-c2cn(-c3ccc(C4CNCCO4)cc3)nn2)cc1. The zero-order chi connectivity index (χ0) is 16.4. The van der Waals surface area contributed by atoms with Crippen LogP contribution in [0.5, 0.6) is 0 Å². The molecule has 1 saturated heterocycles. The lowest BCUT2D eigenvalue weighted by Gasteiger charge is -2.24. The van der Waals surface area contributed by atoms with Gasteiger partial charge in [0.25, 0.3) is 0 Å². The Morgan fingerprint density at radius 2 is 1.88 bits per heavy atom. The number of benzene rings is 2. The molecule has 0 amide bonds. The maximum atomic E-state index is 13.0. The Labute approximate surface area is 139 Å². The quantitative estimate of drug-likeness (QED) is 0.805. The first-order valence-electron chi connectivity index (χ1n) is 7.90. The minimum atomic E-state index is -0.263. The fourth-order valence-corrected chi connectivity index (χ4v) is 2.76. The summed E-state index contributed by atoms with van der Waals surface area (Å²) in [7, 11) is 0. The van der Waals surface area contributed by atoms with E-state index in [0.29, 0.717) is 5.69 Å². The van der Waals surface area contributed by atoms with Crippen LogP contribution in [0.3, 0.4) is 0 Å². The van der Waals surface area contributed by atoms with Gasteiger partial charge in [0.2, 0.25) is 0 Å². The lowest BCUT2D eigenvalue weighted by Crippen LogP contribution is -2.33. The van der Waals surface area contributed by atoms with Crippen LogP contribution in [-0.2, 0) is 4.74 Å². The Hall–Kier alpha value is -2.57. The van der Waals surface area contributed by atoms with E-state index in [4.69, 9.17) is 4.74 Å². The summed E-state index contributed by atoms with van der Waals surface area (Å²) in [5.41, 5.74) is 3.60. The van der Waals surface area contributed by atoms with Crippen molar-refractivity contribution >= 4 is 0 Å². The van der Waals surface area contributed by atoms with E-state index in [9.17, 15) is 4.39 Å². The van der Waals surface area contributed by atoms with Gasteiger partial charge in [0, 0.05) is 18.7 Å². The average Bonchev–Trinajstić information content (AvgIpc) is 3.13. The number of halogens is 1. The van der Waals surface area contributed by atoms with Crippen molar-refractivity contribution in [3.8, 4) is 16.9 Å². The lowest BCUT2D eigenvalue weighted by atomic mass is 10.1. The van der Waals surface area contributed by atoms with Crippen molar-refractivity contribution in [2.45, 2.75) is 6.10 Å². The standard InChI is InChI=1S/C18H17FN4O/c19-15-5-1-13(2-6-15)17-12-23(22-21-17)16-7-3-14(4-8-16)18-11-20-9-10-24-18/h1-8,12,18,20H,9-11H2. The Kier molecular flexibility index (Phi) is 4.06. The fraction of sp³-hybridized carbons (Fsp3) is 0.222. The number of nitrogens with one attached hydrogen (secondary N) is 1. The topological polar surface area (TPSA) is 52.0 Å². The first-order valence-corrected chi connectivity index (χ1v) is 7.90. The molecule has 1 aliphatic heterocycles. The second kappa shape index (κ2) is 6.51. The van der Waals surface area contributed by atoms with E-state index in [1.807, 2.05) is 30.5 Å². The molecule has 0 spiro atoms.